The topological polar surface area (TPSA) is 79.8 Å². The number of halogens is 1. The summed E-state index contributed by atoms with van der Waals surface area (Å²) in [6.45, 7) is 5.75. The molecule has 0 radical (unpaired) electrons. The molecular formula is C20H21FN6O2. The van der Waals surface area contributed by atoms with Crippen molar-refractivity contribution in [3.05, 3.63) is 52.6 Å². The normalized spacial score (nSPS) is 11.6. The van der Waals surface area contributed by atoms with Gasteiger partial charge in [-0.1, -0.05) is 0 Å². The van der Waals surface area contributed by atoms with Crippen LogP contribution in [0, 0.1) is 12.7 Å². The smallest absolute Gasteiger partial charge is 0.306 e. The molecule has 3 heterocycles. The van der Waals surface area contributed by atoms with Gasteiger partial charge in [0.25, 0.3) is 5.56 Å². The number of aromatic nitrogens is 6. The Kier molecular flexibility index (Phi) is 4.45. The standard InChI is InChI=1S/C20H21FN6O2/c1-11(2)27-18-14(9-22-27)19(28)26(5)20(24-18)29-17-7-6-13(8-15(17)21)16-10-25(4)12(3)23-16/h6-11H,1-5H3. The predicted molar refractivity (Wildman–Crippen MR) is 107 cm³/mol. The second kappa shape index (κ2) is 6.84. The van der Waals surface area contributed by atoms with Crippen molar-refractivity contribution in [1.29, 1.82) is 0 Å². The number of fused-ring (bicyclic) bond motifs is 1. The lowest BCUT2D eigenvalue weighted by Crippen LogP contribution is -2.20. The maximum absolute atomic E-state index is 14.7. The minimum Gasteiger partial charge on any atom is -0.422 e. The molecule has 0 aliphatic rings. The molecule has 0 N–H and O–H groups in total. The van der Waals surface area contributed by atoms with Gasteiger partial charge < -0.3 is 9.30 Å². The van der Waals surface area contributed by atoms with Crippen molar-refractivity contribution in [2.45, 2.75) is 26.8 Å². The fourth-order valence-electron chi connectivity index (χ4n) is 3.06. The SMILES string of the molecule is Cc1nc(-c2ccc(Oc3nc4c(cnn4C(C)C)c(=O)n3C)c(F)c2)cn1C. The summed E-state index contributed by atoms with van der Waals surface area (Å²) in [5, 5.41) is 4.60. The van der Waals surface area contributed by atoms with E-state index in [9.17, 15) is 9.18 Å². The highest BCUT2D eigenvalue weighted by atomic mass is 19.1. The molecule has 1 aromatic carbocycles. The fourth-order valence-corrected chi connectivity index (χ4v) is 3.06. The summed E-state index contributed by atoms with van der Waals surface area (Å²) in [6, 6.07) is 4.58. The van der Waals surface area contributed by atoms with E-state index in [0.717, 1.165) is 5.82 Å². The number of hydrogen-bond donors (Lipinski definition) is 0. The molecule has 4 rings (SSSR count). The van der Waals surface area contributed by atoms with Gasteiger partial charge in [0, 0.05) is 31.9 Å². The zero-order valence-electron chi connectivity index (χ0n) is 16.8. The van der Waals surface area contributed by atoms with Gasteiger partial charge in [0.05, 0.1) is 11.9 Å². The van der Waals surface area contributed by atoms with Crippen LogP contribution in [0.25, 0.3) is 22.3 Å². The number of rotatable bonds is 4. The second-order valence-corrected chi connectivity index (χ2v) is 7.21. The highest BCUT2D eigenvalue weighted by Gasteiger charge is 2.17. The van der Waals surface area contributed by atoms with Gasteiger partial charge in [-0.25, -0.2) is 14.1 Å². The van der Waals surface area contributed by atoms with Crippen LogP contribution < -0.4 is 10.3 Å². The van der Waals surface area contributed by atoms with E-state index < -0.39 is 5.82 Å². The first-order valence-corrected chi connectivity index (χ1v) is 9.18. The molecule has 4 aromatic rings. The lowest BCUT2D eigenvalue weighted by molar-refractivity contribution is 0.389. The lowest BCUT2D eigenvalue weighted by atomic mass is 10.1. The molecule has 0 spiro atoms. The minimum atomic E-state index is -0.572. The van der Waals surface area contributed by atoms with Crippen LogP contribution in [-0.2, 0) is 14.1 Å². The van der Waals surface area contributed by atoms with Crippen LogP contribution in [0.15, 0.2) is 35.4 Å². The first-order chi connectivity index (χ1) is 13.8. The van der Waals surface area contributed by atoms with Crippen molar-refractivity contribution >= 4 is 11.0 Å². The zero-order valence-corrected chi connectivity index (χ0v) is 16.8. The van der Waals surface area contributed by atoms with Gasteiger partial charge in [0.1, 0.15) is 11.2 Å². The predicted octanol–water partition coefficient (Wildman–Crippen LogP) is 3.35. The number of ether oxygens (including phenoxy) is 1. The Morgan fingerprint density at radius 2 is 1.93 bits per heavy atom. The molecule has 9 heteroatoms. The quantitative estimate of drug-likeness (QED) is 0.529. The summed E-state index contributed by atoms with van der Waals surface area (Å²) in [4.78, 5) is 21.4. The summed E-state index contributed by atoms with van der Waals surface area (Å²) in [5.74, 6) is 0.228. The van der Waals surface area contributed by atoms with Gasteiger partial charge in [-0.05, 0) is 39.0 Å². The number of hydrogen-bond acceptors (Lipinski definition) is 5. The van der Waals surface area contributed by atoms with E-state index in [1.807, 2.05) is 38.6 Å². The molecule has 3 aromatic heterocycles. The molecule has 0 aliphatic carbocycles. The highest BCUT2D eigenvalue weighted by Crippen LogP contribution is 2.28. The zero-order chi connectivity index (χ0) is 20.9. The van der Waals surface area contributed by atoms with Gasteiger partial charge in [0.2, 0.25) is 0 Å². The number of benzene rings is 1. The maximum atomic E-state index is 14.7. The van der Waals surface area contributed by atoms with E-state index in [0.29, 0.717) is 22.3 Å². The average molecular weight is 396 g/mol. The summed E-state index contributed by atoms with van der Waals surface area (Å²) in [6.07, 6.45) is 3.32. The highest BCUT2D eigenvalue weighted by molar-refractivity contribution is 5.73. The van der Waals surface area contributed by atoms with Crippen LogP contribution in [0.1, 0.15) is 25.7 Å². The molecule has 0 atom stereocenters. The molecule has 0 bridgehead atoms. The van der Waals surface area contributed by atoms with Crippen molar-refractivity contribution in [3.8, 4) is 23.0 Å². The van der Waals surface area contributed by atoms with E-state index in [1.54, 1.807) is 10.7 Å². The Morgan fingerprint density at radius 3 is 2.55 bits per heavy atom. The van der Waals surface area contributed by atoms with Crippen LogP contribution in [-0.4, -0.2) is 28.9 Å². The minimum absolute atomic E-state index is 0.00905. The molecule has 0 aliphatic heterocycles. The third kappa shape index (κ3) is 3.18. The largest absolute Gasteiger partial charge is 0.422 e. The van der Waals surface area contributed by atoms with Crippen molar-refractivity contribution in [1.82, 2.24) is 28.9 Å². The van der Waals surface area contributed by atoms with Crippen molar-refractivity contribution in [2.24, 2.45) is 14.1 Å². The molecule has 8 nitrogen and oxygen atoms in total. The van der Waals surface area contributed by atoms with Crippen LogP contribution in [0.3, 0.4) is 0 Å². The number of aryl methyl sites for hydroxylation is 2. The van der Waals surface area contributed by atoms with Crippen molar-refractivity contribution < 1.29 is 9.13 Å². The fraction of sp³-hybridized carbons (Fsp3) is 0.300. The Labute approximate surface area is 166 Å². The van der Waals surface area contributed by atoms with Crippen molar-refractivity contribution in [3.63, 3.8) is 0 Å². The molecule has 0 amide bonds. The van der Waals surface area contributed by atoms with Gasteiger partial charge >= 0.3 is 6.01 Å². The first-order valence-electron chi connectivity index (χ1n) is 9.18. The van der Waals surface area contributed by atoms with Gasteiger partial charge in [-0.3, -0.25) is 9.36 Å². The molecule has 150 valence electrons. The number of imidazole rings is 1. The van der Waals surface area contributed by atoms with Gasteiger partial charge in [-0.2, -0.15) is 10.1 Å². The van der Waals surface area contributed by atoms with Crippen LogP contribution >= 0.6 is 0 Å². The number of nitrogens with zero attached hydrogens (tertiary/aromatic N) is 6. The van der Waals surface area contributed by atoms with Crippen molar-refractivity contribution in [2.75, 3.05) is 0 Å². The van der Waals surface area contributed by atoms with E-state index in [-0.39, 0.29) is 23.4 Å². The Bertz CT molecular complexity index is 1260. The van der Waals surface area contributed by atoms with E-state index in [1.165, 1.54) is 29.9 Å². The molecule has 0 saturated carbocycles. The van der Waals surface area contributed by atoms with E-state index in [4.69, 9.17) is 4.74 Å². The van der Waals surface area contributed by atoms with Crippen LogP contribution in [0.5, 0.6) is 11.8 Å². The van der Waals surface area contributed by atoms with Gasteiger partial charge in [-0.15, -0.1) is 0 Å². The maximum Gasteiger partial charge on any atom is 0.306 e. The summed E-state index contributed by atoms with van der Waals surface area (Å²) in [7, 11) is 3.41. The third-order valence-corrected chi connectivity index (χ3v) is 4.82. The summed E-state index contributed by atoms with van der Waals surface area (Å²) < 4.78 is 25.1. The molecule has 0 saturated heterocycles. The van der Waals surface area contributed by atoms with Gasteiger partial charge in [0.15, 0.2) is 17.2 Å². The lowest BCUT2D eigenvalue weighted by Gasteiger charge is -2.12. The summed E-state index contributed by atoms with van der Waals surface area (Å²) >= 11 is 0. The summed E-state index contributed by atoms with van der Waals surface area (Å²) in [5.41, 5.74) is 1.40. The first kappa shape index (κ1) is 18.9. The van der Waals surface area contributed by atoms with E-state index >= 15 is 0 Å². The Balaban J connectivity index is 1.74. The second-order valence-electron chi connectivity index (χ2n) is 7.21. The monoisotopic (exact) mass is 396 g/mol. The third-order valence-electron chi connectivity index (χ3n) is 4.82. The van der Waals surface area contributed by atoms with Crippen LogP contribution in [0.4, 0.5) is 4.39 Å². The molecule has 29 heavy (non-hydrogen) atoms. The Morgan fingerprint density at radius 1 is 1.17 bits per heavy atom. The molecular weight excluding hydrogens is 375 g/mol. The van der Waals surface area contributed by atoms with E-state index in [2.05, 4.69) is 15.1 Å². The van der Waals surface area contributed by atoms with Crippen LogP contribution in [0.2, 0.25) is 0 Å². The molecule has 0 unspecified atom stereocenters. The molecule has 0 fully saturated rings. The average Bonchev–Trinajstić information content (AvgIpc) is 3.24. The Hall–Kier alpha value is -3.49.